The molecule has 2 N–H and O–H groups in total. The third kappa shape index (κ3) is 5.87. The summed E-state index contributed by atoms with van der Waals surface area (Å²) in [6.45, 7) is 11.6. The molecule has 0 atom stereocenters. The van der Waals surface area contributed by atoms with E-state index in [2.05, 4.69) is 31.4 Å². The standard InChI is InChI=1S/C14H25N3O/c1-11(2)16-13(18)10-17-7-6-12(9-17)8-15-14(3,4)5/h6-7,9,11,15H,8,10H2,1-5H3,(H,16,18). The highest BCUT2D eigenvalue weighted by molar-refractivity contribution is 5.75. The molecule has 0 radical (unpaired) electrons. The van der Waals surface area contributed by atoms with E-state index in [4.69, 9.17) is 0 Å². The van der Waals surface area contributed by atoms with E-state index in [0.717, 1.165) is 6.54 Å². The molecule has 18 heavy (non-hydrogen) atoms. The minimum absolute atomic E-state index is 0.0518. The highest BCUT2D eigenvalue weighted by Crippen LogP contribution is 2.05. The van der Waals surface area contributed by atoms with Crippen LogP contribution in [0.25, 0.3) is 0 Å². The summed E-state index contributed by atoms with van der Waals surface area (Å²) in [6, 6.07) is 2.23. The topological polar surface area (TPSA) is 46.1 Å². The Morgan fingerprint density at radius 3 is 2.61 bits per heavy atom. The largest absolute Gasteiger partial charge is 0.352 e. The van der Waals surface area contributed by atoms with Gasteiger partial charge in [0, 0.05) is 30.5 Å². The summed E-state index contributed by atoms with van der Waals surface area (Å²) in [5.74, 6) is 0.0518. The number of carbonyl (C=O) groups excluding carboxylic acids is 1. The molecule has 0 aliphatic carbocycles. The van der Waals surface area contributed by atoms with E-state index in [-0.39, 0.29) is 17.5 Å². The molecule has 0 saturated heterocycles. The number of aromatic nitrogens is 1. The molecule has 1 amide bonds. The van der Waals surface area contributed by atoms with Gasteiger partial charge in [-0.2, -0.15) is 0 Å². The van der Waals surface area contributed by atoms with Crippen LogP contribution in [0.4, 0.5) is 0 Å². The first kappa shape index (κ1) is 14.8. The van der Waals surface area contributed by atoms with Gasteiger partial charge in [-0.25, -0.2) is 0 Å². The number of nitrogens with one attached hydrogen (secondary N) is 2. The fourth-order valence-corrected chi connectivity index (χ4v) is 1.59. The van der Waals surface area contributed by atoms with Crippen molar-refractivity contribution in [2.24, 2.45) is 0 Å². The summed E-state index contributed by atoms with van der Waals surface area (Å²) >= 11 is 0. The molecule has 0 aliphatic heterocycles. The van der Waals surface area contributed by atoms with Crippen molar-refractivity contribution >= 4 is 5.91 Å². The van der Waals surface area contributed by atoms with Crippen molar-refractivity contribution < 1.29 is 4.79 Å². The molecule has 4 heteroatoms. The molecule has 0 unspecified atom stereocenters. The molecule has 1 aromatic rings. The maximum atomic E-state index is 11.6. The predicted octanol–water partition coefficient (Wildman–Crippen LogP) is 1.90. The molecule has 0 aromatic carbocycles. The Bertz CT molecular complexity index is 388. The monoisotopic (exact) mass is 251 g/mol. The van der Waals surface area contributed by atoms with Crippen molar-refractivity contribution in [2.75, 3.05) is 0 Å². The molecule has 0 bridgehead atoms. The number of amides is 1. The van der Waals surface area contributed by atoms with E-state index in [0.29, 0.717) is 6.54 Å². The van der Waals surface area contributed by atoms with E-state index >= 15 is 0 Å². The predicted molar refractivity (Wildman–Crippen MR) is 74.3 cm³/mol. The van der Waals surface area contributed by atoms with Gasteiger partial charge in [-0.3, -0.25) is 4.79 Å². The molecule has 1 heterocycles. The third-order valence-corrected chi connectivity index (χ3v) is 2.41. The zero-order valence-electron chi connectivity index (χ0n) is 12.1. The average molecular weight is 251 g/mol. The Morgan fingerprint density at radius 2 is 2.06 bits per heavy atom. The average Bonchev–Trinajstić information content (AvgIpc) is 2.60. The maximum absolute atomic E-state index is 11.6. The lowest BCUT2D eigenvalue weighted by Crippen LogP contribution is -2.35. The van der Waals surface area contributed by atoms with Gasteiger partial charge in [0.25, 0.3) is 0 Å². The molecule has 1 aromatic heterocycles. The lowest BCUT2D eigenvalue weighted by atomic mass is 10.1. The van der Waals surface area contributed by atoms with Crippen molar-refractivity contribution in [1.82, 2.24) is 15.2 Å². The number of carbonyl (C=O) groups is 1. The van der Waals surface area contributed by atoms with E-state index in [1.807, 2.05) is 36.9 Å². The van der Waals surface area contributed by atoms with Crippen LogP contribution in [-0.4, -0.2) is 22.1 Å². The van der Waals surface area contributed by atoms with Gasteiger partial charge in [0.2, 0.25) is 5.91 Å². The second kappa shape index (κ2) is 6.05. The van der Waals surface area contributed by atoms with Crippen LogP contribution in [0, 0.1) is 0 Å². The molecule has 0 saturated carbocycles. The Balaban J connectivity index is 2.46. The summed E-state index contributed by atoms with van der Waals surface area (Å²) in [6.07, 6.45) is 3.96. The van der Waals surface area contributed by atoms with Gasteiger partial charge >= 0.3 is 0 Å². The van der Waals surface area contributed by atoms with Crippen LogP contribution >= 0.6 is 0 Å². The van der Waals surface area contributed by atoms with Gasteiger partial charge in [0.15, 0.2) is 0 Å². The number of rotatable bonds is 5. The minimum atomic E-state index is 0.0518. The van der Waals surface area contributed by atoms with E-state index in [9.17, 15) is 4.79 Å². The minimum Gasteiger partial charge on any atom is -0.352 e. The van der Waals surface area contributed by atoms with Crippen molar-refractivity contribution in [2.45, 2.75) is 59.3 Å². The zero-order valence-corrected chi connectivity index (χ0v) is 12.1. The number of nitrogens with zero attached hydrogens (tertiary/aromatic N) is 1. The van der Waals surface area contributed by atoms with Gasteiger partial charge < -0.3 is 15.2 Å². The Hall–Kier alpha value is -1.29. The van der Waals surface area contributed by atoms with Gasteiger partial charge in [-0.1, -0.05) is 0 Å². The Labute approximate surface area is 110 Å². The Kier molecular flexibility index (Phi) is 4.96. The fraction of sp³-hybridized carbons (Fsp3) is 0.643. The maximum Gasteiger partial charge on any atom is 0.240 e. The van der Waals surface area contributed by atoms with Crippen LogP contribution in [0.1, 0.15) is 40.2 Å². The van der Waals surface area contributed by atoms with Crippen molar-refractivity contribution in [1.29, 1.82) is 0 Å². The first-order chi connectivity index (χ1) is 8.26. The molecule has 0 aliphatic rings. The quantitative estimate of drug-likeness (QED) is 0.839. The van der Waals surface area contributed by atoms with E-state index in [1.165, 1.54) is 5.56 Å². The molecular formula is C14H25N3O. The van der Waals surface area contributed by atoms with Crippen LogP contribution < -0.4 is 10.6 Å². The SMILES string of the molecule is CC(C)NC(=O)Cn1ccc(CNC(C)(C)C)c1. The van der Waals surface area contributed by atoms with Crippen LogP contribution in [0.5, 0.6) is 0 Å². The van der Waals surface area contributed by atoms with Crippen LogP contribution in [-0.2, 0) is 17.9 Å². The van der Waals surface area contributed by atoms with Crippen molar-refractivity contribution in [3.63, 3.8) is 0 Å². The number of hydrogen-bond donors (Lipinski definition) is 2. The van der Waals surface area contributed by atoms with Gasteiger partial charge in [-0.15, -0.1) is 0 Å². The highest BCUT2D eigenvalue weighted by Gasteiger charge is 2.09. The van der Waals surface area contributed by atoms with Gasteiger partial charge in [-0.05, 0) is 46.2 Å². The summed E-state index contributed by atoms with van der Waals surface area (Å²) in [5, 5.41) is 6.30. The number of hydrogen-bond acceptors (Lipinski definition) is 2. The fourth-order valence-electron chi connectivity index (χ4n) is 1.59. The van der Waals surface area contributed by atoms with Gasteiger partial charge in [0.1, 0.15) is 6.54 Å². The van der Waals surface area contributed by atoms with Crippen LogP contribution in [0.3, 0.4) is 0 Å². The normalized spacial score (nSPS) is 11.9. The zero-order chi connectivity index (χ0) is 13.8. The molecule has 4 nitrogen and oxygen atoms in total. The summed E-state index contributed by atoms with van der Waals surface area (Å²) < 4.78 is 1.91. The molecular weight excluding hydrogens is 226 g/mol. The van der Waals surface area contributed by atoms with Crippen molar-refractivity contribution in [3.8, 4) is 0 Å². The summed E-state index contributed by atoms with van der Waals surface area (Å²) in [4.78, 5) is 11.6. The van der Waals surface area contributed by atoms with Gasteiger partial charge in [0.05, 0.1) is 0 Å². The second-order valence-electron chi connectivity index (χ2n) is 6.02. The van der Waals surface area contributed by atoms with Crippen LogP contribution in [0.15, 0.2) is 18.5 Å². The summed E-state index contributed by atoms with van der Waals surface area (Å²) in [7, 11) is 0. The highest BCUT2D eigenvalue weighted by atomic mass is 16.2. The van der Waals surface area contributed by atoms with E-state index in [1.54, 1.807) is 0 Å². The second-order valence-corrected chi connectivity index (χ2v) is 6.02. The lowest BCUT2D eigenvalue weighted by molar-refractivity contribution is -0.122. The van der Waals surface area contributed by atoms with Crippen molar-refractivity contribution in [3.05, 3.63) is 24.0 Å². The molecule has 1 rings (SSSR count). The van der Waals surface area contributed by atoms with Crippen LogP contribution in [0.2, 0.25) is 0 Å². The van der Waals surface area contributed by atoms with E-state index < -0.39 is 0 Å². The molecule has 102 valence electrons. The smallest absolute Gasteiger partial charge is 0.240 e. The first-order valence-electron chi connectivity index (χ1n) is 6.45. The molecule has 0 spiro atoms. The lowest BCUT2D eigenvalue weighted by Gasteiger charge is -2.19. The summed E-state index contributed by atoms with van der Waals surface area (Å²) in [5.41, 5.74) is 1.30. The Morgan fingerprint density at radius 1 is 1.39 bits per heavy atom. The first-order valence-corrected chi connectivity index (χ1v) is 6.45. The molecule has 0 fully saturated rings. The third-order valence-electron chi connectivity index (χ3n) is 2.41.